The van der Waals surface area contributed by atoms with Gasteiger partial charge in [-0.3, -0.25) is 9.98 Å². The van der Waals surface area contributed by atoms with Crippen molar-refractivity contribution in [2.24, 2.45) is 4.99 Å². The lowest BCUT2D eigenvalue weighted by molar-refractivity contribution is 0.581. The molecular weight excluding hydrogens is 489 g/mol. The van der Waals surface area contributed by atoms with Crippen molar-refractivity contribution in [1.82, 2.24) is 20.3 Å². The van der Waals surface area contributed by atoms with Gasteiger partial charge in [0.2, 0.25) is 10.0 Å². The van der Waals surface area contributed by atoms with Gasteiger partial charge in [0.15, 0.2) is 5.96 Å². The Morgan fingerprint density at radius 1 is 1.14 bits per heavy atom. The summed E-state index contributed by atoms with van der Waals surface area (Å²) in [5.41, 5.74) is 2.00. The highest BCUT2D eigenvalue weighted by molar-refractivity contribution is 14.0. The van der Waals surface area contributed by atoms with Crippen molar-refractivity contribution in [2.75, 3.05) is 13.6 Å². The Bertz CT molecular complexity index is 869. The Morgan fingerprint density at radius 3 is 2.50 bits per heavy atom. The molecular formula is C19H26IN5O2S. The Hall–Kier alpha value is -1.72. The van der Waals surface area contributed by atoms with Gasteiger partial charge in [-0.15, -0.1) is 24.0 Å². The number of rotatable bonds is 8. The normalized spacial score (nSPS) is 14.2. The molecule has 3 N–H and O–H groups in total. The van der Waals surface area contributed by atoms with Crippen molar-refractivity contribution in [3.05, 3.63) is 59.9 Å². The third kappa shape index (κ3) is 7.02. The van der Waals surface area contributed by atoms with E-state index in [2.05, 4.69) is 25.3 Å². The predicted octanol–water partition coefficient (Wildman–Crippen LogP) is 2.05. The first-order valence-corrected chi connectivity index (χ1v) is 10.5. The molecule has 0 aliphatic heterocycles. The van der Waals surface area contributed by atoms with Crippen molar-refractivity contribution in [2.45, 2.75) is 36.7 Å². The number of aliphatic imine (C=N–C) groups is 1. The second-order valence-electron chi connectivity index (χ2n) is 6.46. The van der Waals surface area contributed by atoms with Crippen LogP contribution in [0.3, 0.4) is 0 Å². The first kappa shape index (κ1) is 22.6. The van der Waals surface area contributed by atoms with Crippen molar-refractivity contribution in [3.63, 3.8) is 0 Å². The molecule has 1 aliphatic rings. The highest BCUT2D eigenvalue weighted by Gasteiger charge is 2.27. The van der Waals surface area contributed by atoms with Crippen LogP contribution in [0.5, 0.6) is 0 Å². The number of sulfonamides is 1. The van der Waals surface area contributed by atoms with Gasteiger partial charge in [0.25, 0.3) is 0 Å². The van der Waals surface area contributed by atoms with Crippen LogP contribution in [-0.4, -0.2) is 39.0 Å². The number of hydrogen-bond acceptors (Lipinski definition) is 4. The summed E-state index contributed by atoms with van der Waals surface area (Å²) in [5, 5.41) is 6.47. The second kappa shape index (κ2) is 10.7. The smallest absolute Gasteiger partial charge is 0.240 e. The molecule has 0 radical (unpaired) electrons. The molecule has 0 spiro atoms. The standard InChI is InChI=1S/C19H25N5O2S.HI/c1-20-19(22-13-11-16-4-2-3-12-21-16)23-14-15-5-9-18(10-6-15)27(25,26)24-17-7-8-17;/h2-6,9-10,12,17,24H,7-8,11,13-14H2,1H3,(H2,20,22,23);1H. The maximum Gasteiger partial charge on any atom is 0.240 e. The summed E-state index contributed by atoms with van der Waals surface area (Å²) in [6, 6.07) is 12.9. The van der Waals surface area contributed by atoms with Crippen LogP contribution in [0.2, 0.25) is 0 Å². The zero-order valence-corrected chi connectivity index (χ0v) is 18.9. The number of aromatic nitrogens is 1. The van der Waals surface area contributed by atoms with E-state index in [4.69, 9.17) is 0 Å². The lowest BCUT2D eigenvalue weighted by Crippen LogP contribution is -2.37. The Kier molecular flexibility index (Phi) is 8.64. The van der Waals surface area contributed by atoms with E-state index in [1.807, 2.05) is 30.3 Å². The van der Waals surface area contributed by atoms with E-state index in [-0.39, 0.29) is 30.0 Å². The van der Waals surface area contributed by atoms with Crippen molar-refractivity contribution in [1.29, 1.82) is 0 Å². The lowest BCUT2D eigenvalue weighted by atomic mass is 10.2. The van der Waals surface area contributed by atoms with E-state index in [1.165, 1.54) is 0 Å². The highest BCUT2D eigenvalue weighted by atomic mass is 127. The minimum Gasteiger partial charge on any atom is -0.356 e. The Morgan fingerprint density at radius 2 is 1.89 bits per heavy atom. The van der Waals surface area contributed by atoms with Crippen LogP contribution in [0.25, 0.3) is 0 Å². The molecule has 2 aromatic rings. The van der Waals surface area contributed by atoms with Crippen LogP contribution in [-0.2, 0) is 23.0 Å². The number of nitrogens with zero attached hydrogens (tertiary/aromatic N) is 2. The van der Waals surface area contributed by atoms with E-state index in [9.17, 15) is 8.42 Å². The van der Waals surface area contributed by atoms with Gasteiger partial charge in [-0.1, -0.05) is 18.2 Å². The van der Waals surface area contributed by atoms with E-state index in [1.54, 1.807) is 25.4 Å². The Labute approximate surface area is 183 Å². The molecule has 0 bridgehead atoms. The van der Waals surface area contributed by atoms with Gasteiger partial charge in [0.1, 0.15) is 0 Å². The monoisotopic (exact) mass is 515 g/mol. The molecule has 0 unspecified atom stereocenters. The molecule has 9 heteroatoms. The lowest BCUT2D eigenvalue weighted by Gasteiger charge is -2.12. The molecule has 1 heterocycles. The first-order valence-electron chi connectivity index (χ1n) is 9.02. The van der Waals surface area contributed by atoms with Crippen LogP contribution in [0.1, 0.15) is 24.1 Å². The quantitative estimate of drug-likeness (QED) is 0.284. The summed E-state index contributed by atoms with van der Waals surface area (Å²) in [4.78, 5) is 8.79. The summed E-state index contributed by atoms with van der Waals surface area (Å²) < 4.78 is 27.0. The molecule has 3 rings (SSSR count). The number of hydrogen-bond donors (Lipinski definition) is 3. The van der Waals surface area contributed by atoms with Gasteiger partial charge in [-0.05, 0) is 42.7 Å². The van der Waals surface area contributed by atoms with Gasteiger partial charge in [0.05, 0.1) is 4.90 Å². The van der Waals surface area contributed by atoms with Crippen molar-refractivity contribution in [3.8, 4) is 0 Å². The third-order valence-corrected chi connectivity index (χ3v) is 5.75. The molecule has 1 saturated carbocycles. The summed E-state index contributed by atoms with van der Waals surface area (Å²) in [5.74, 6) is 0.693. The number of guanidine groups is 1. The van der Waals surface area contributed by atoms with Gasteiger partial charge >= 0.3 is 0 Å². The summed E-state index contributed by atoms with van der Waals surface area (Å²) in [6.45, 7) is 1.28. The molecule has 1 aliphatic carbocycles. The van der Waals surface area contributed by atoms with E-state index < -0.39 is 10.0 Å². The molecule has 0 amide bonds. The minimum absolute atomic E-state index is 0. The fourth-order valence-electron chi connectivity index (χ4n) is 2.54. The van der Waals surface area contributed by atoms with Crippen molar-refractivity contribution < 1.29 is 8.42 Å². The van der Waals surface area contributed by atoms with Crippen LogP contribution in [0.15, 0.2) is 58.5 Å². The van der Waals surface area contributed by atoms with Crippen LogP contribution < -0.4 is 15.4 Å². The molecule has 7 nitrogen and oxygen atoms in total. The third-order valence-electron chi connectivity index (χ3n) is 4.22. The molecule has 0 atom stereocenters. The topological polar surface area (TPSA) is 95.5 Å². The summed E-state index contributed by atoms with van der Waals surface area (Å²) in [7, 11) is -1.68. The van der Waals surface area contributed by atoms with E-state index in [0.29, 0.717) is 17.4 Å². The molecule has 28 heavy (non-hydrogen) atoms. The van der Waals surface area contributed by atoms with E-state index >= 15 is 0 Å². The maximum absolute atomic E-state index is 12.2. The average molecular weight is 515 g/mol. The maximum atomic E-state index is 12.2. The van der Waals surface area contributed by atoms with Crippen LogP contribution >= 0.6 is 24.0 Å². The number of nitrogens with one attached hydrogen (secondary N) is 3. The number of halogens is 1. The largest absolute Gasteiger partial charge is 0.356 e. The SMILES string of the molecule is CN=C(NCCc1ccccn1)NCc1ccc(S(=O)(=O)NC2CC2)cc1.I. The minimum atomic E-state index is -3.40. The first-order chi connectivity index (χ1) is 13.1. The molecule has 1 fully saturated rings. The van der Waals surface area contributed by atoms with Gasteiger partial charge in [-0.2, -0.15) is 0 Å². The van der Waals surface area contributed by atoms with Gasteiger partial charge in [0, 0.05) is 44.5 Å². The predicted molar refractivity (Wildman–Crippen MR) is 121 cm³/mol. The number of pyridine rings is 1. The fraction of sp³-hybridized carbons (Fsp3) is 0.368. The summed E-state index contributed by atoms with van der Waals surface area (Å²) >= 11 is 0. The summed E-state index contributed by atoms with van der Waals surface area (Å²) in [6.07, 6.45) is 4.44. The van der Waals surface area contributed by atoms with Crippen LogP contribution in [0.4, 0.5) is 0 Å². The highest BCUT2D eigenvalue weighted by Crippen LogP contribution is 2.22. The zero-order valence-electron chi connectivity index (χ0n) is 15.8. The van der Waals surface area contributed by atoms with Gasteiger partial charge in [-0.25, -0.2) is 13.1 Å². The van der Waals surface area contributed by atoms with E-state index in [0.717, 1.165) is 37.1 Å². The Balaban J connectivity index is 0.00000280. The number of benzene rings is 1. The van der Waals surface area contributed by atoms with Crippen LogP contribution in [0, 0.1) is 0 Å². The molecule has 1 aromatic heterocycles. The fourth-order valence-corrected chi connectivity index (χ4v) is 3.84. The zero-order chi connectivity index (χ0) is 19.1. The second-order valence-corrected chi connectivity index (χ2v) is 8.18. The molecule has 152 valence electrons. The van der Waals surface area contributed by atoms with Gasteiger partial charge < -0.3 is 10.6 Å². The molecule has 0 saturated heterocycles. The van der Waals surface area contributed by atoms with Crippen molar-refractivity contribution >= 4 is 40.0 Å². The average Bonchev–Trinajstić information content (AvgIpc) is 3.49. The molecule has 1 aromatic carbocycles.